The van der Waals surface area contributed by atoms with Crippen LogP contribution in [0.3, 0.4) is 0 Å². The van der Waals surface area contributed by atoms with Gasteiger partial charge in [0, 0.05) is 48.8 Å². The Morgan fingerprint density at radius 2 is 1.69 bits per heavy atom. The Hall–Kier alpha value is -3.68. The summed E-state index contributed by atoms with van der Waals surface area (Å²) < 4.78 is 1.99. The third kappa shape index (κ3) is 4.26. The van der Waals surface area contributed by atoms with Crippen molar-refractivity contribution in [1.82, 2.24) is 25.0 Å². The highest BCUT2D eigenvalue weighted by atomic mass is 16.2. The summed E-state index contributed by atoms with van der Waals surface area (Å²) in [5.41, 5.74) is 1.48. The van der Waals surface area contributed by atoms with Crippen molar-refractivity contribution in [3.63, 3.8) is 0 Å². The highest BCUT2D eigenvalue weighted by Gasteiger charge is 2.25. The van der Waals surface area contributed by atoms with E-state index in [2.05, 4.69) is 15.5 Å². The molecule has 1 fully saturated rings. The third-order valence-corrected chi connectivity index (χ3v) is 5.05. The molecule has 0 bridgehead atoms. The number of aromatic amines is 1. The lowest BCUT2D eigenvalue weighted by atomic mass is 10.0. The molecule has 3 heterocycles. The van der Waals surface area contributed by atoms with Crippen molar-refractivity contribution < 1.29 is 9.59 Å². The number of nitrogens with zero attached hydrogens (tertiary/aromatic N) is 3. The summed E-state index contributed by atoms with van der Waals surface area (Å²) in [6.07, 6.45) is 5.25. The van der Waals surface area contributed by atoms with Crippen LogP contribution in [-0.2, 0) is 0 Å². The number of carbonyl (C=O) groups excluding carboxylic acids is 2. The van der Waals surface area contributed by atoms with Gasteiger partial charge in [0.15, 0.2) is 0 Å². The zero-order valence-electron chi connectivity index (χ0n) is 15.7. The number of rotatable bonds is 4. The van der Waals surface area contributed by atoms with E-state index in [4.69, 9.17) is 0 Å². The summed E-state index contributed by atoms with van der Waals surface area (Å²) in [5.74, 6) is -0.331. The summed E-state index contributed by atoms with van der Waals surface area (Å²) >= 11 is 0. The maximum atomic E-state index is 12.8. The lowest BCUT2D eigenvalue weighted by molar-refractivity contribution is 0.0697. The Morgan fingerprint density at radius 1 is 1.00 bits per heavy atom. The van der Waals surface area contributed by atoms with Crippen molar-refractivity contribution in [1.29, 1.82) is 0 Å². The van der Waals surface area contributed by atoms with Gasteiger partial charge >= 0.3 is 0 Å². The van der Waals surface area contributed by atoms with Gasteiger partial charge in [-0.15, -0.1) is 0 Å². The first-order valence-corrected chi connectivity index (χ1v) is 9.49. The molecule has 0 saturated carbocycles. The van der Waals surface area contributed by atoms with Gasteiger partial charge in [0.1, 0.15) is 5.69 Å². The van der Waals surface area contributed by atoms with Crippen LogP contribution in [-0.4, -0.2) is 50.6 Å². The number of carbonyl (C=O) groups is 2. The smallest absolute Gasteiger partial charge is 0.271 e. The summed E-state index contributed by atoms with van der Waals surface area (Å²) in [6, 6.07) is 14.1. The standard InChI is InChI=1S/C21H21N5O3/c27-19-8-7-18(23-24-19)20(28)22-16-9-13-26(14-10-16)21(29)15-3-5-17(6-4-15)25-11-1-2-12-25/h1-8,11-12,16H,9-10,13-14H2,(H,22,28)(H,24,27). The van der Waals surface area contributed by atoms with Crippen LogP contribution >= 0.6 is 0 Å². The Kier molecular flexibility index (Phi) is 5.24. The fourth-order valence-electron chi connectivity index (χ4n) is 3.42. The van der Waals surface area contributed by atoms with Gasteiger partial charge in [-0.1, -0.05) is 0 Å². The Labute approximate surface area is 167 Å². The SMILES string of the molecule is O=C(NC1CCN(C(=O)c2ccc(-n3cccc3)cc2)CC1)c1ccc(=O)[nH]n1. The van der Waals surface area contributed by atoms with E-state index < -0.39 is 0 Å². The summed E-state index contributed by atoms with van der Waals surface area (Å²) in [7, 11) is 0. The van der Waals surface area contributed by atoms with Crippen LogP contribution in [0.25, 0.3) is 5.69 Å². The molecule has 8 nitrogen and oxygen atoms in total. The fourth-order valence-corrected chi connectivity index (χ4v) is 3.42. The summed E-state index contributed by atoms with van der Waals surface area (Å²) in [5, 5.41) is 8.90. The molecular weight excluding hydrogens is 370 g/mol. The van der Waals surface area contributed by atoms with Gasteiger partial charge in [0.2, 0.25) is 0 Å². The van der Waals surface area contributed by atoms with Crippen LogP contribution in [0, 0.1) is 0 Å². The molecule has 2 N–H and O–H groups in total. The predicted octanol–water partition coefficient (Wildman–Crippen LogP) is 1.60. The zero-order valence-corrected chi connectivity index (χ0v) is 15.7. The highest BCUT2D eigenvalue weighted by Crippen LogP contribution is 2.16. The number of likely N-dealkylation sites (tertiary alicyclic amines) is 1. The number of hydrogen-bond acceptors (Lipinski definition) is 4. The van der Waals surface area contributed by atoms with E-state index in [1.807, 2.05) is 58.3 Å². The van der Waals surface area contributed by atoms with Crippen LogP contribution in [0.15, 0.2) is 65.7 Å². The quantitative estimate of drug-likeness (QED) is 0.705. The number of amides is 2. The van der Waals surface area contributed by atoms with E-state index in [1.54, 1.807) is 0 Å². The minimum Gasteiger partial charge on any atom is -0.348 e. The van der Waals surface area contributed by atoms with Gasteiger partial charge in [-0.3, -0.25) is 14.4 Å². The van der Waals surface area contributed by atoms with Crippen molar-refractivity contribution in [3.8, 4) is 5.69 Å². The molecule has 1 aromatic carbocycles. The molecule has 0 radical (unpaired) electrons. The molecule has 0 atom stereocenters. The van der Waals surface area contributed by atoms with E-state index >= 15 is 0 Å². The van der Waals surface area contributed by atoms with Crippen molar-refractivity contribution in [3.05, 3.63) is 82.5 Å². The van der Waals surface area contributed by atoms with Crippen molar-refractivity contribution >= 4 is 11.8 Å². The number of nitrogens with one attached hydrogen (secondary N) is 2. The second kappa shape index (κ2) is 8.14. The highest BCUT2D eigenvalue weighted by molar-refractivity contribution is 5.94. The van der Waals surface area contributed by atoms with Crippen LogP contribution in [0.1, 0.15) is 33.7 Å². The van der Waals surface area contributed by atoms with E-state index in [9.17, 15) is 14.4 Å². The number of aromatic nitrogens is 3. The summed E-state index contributed by atoms with van der Waals surface area (Å²) in [4.78, 5) is 37.8. The van der Waals surface area contributed by atoms with E-state index in [-0.39, 0.29) is 29.1 Å². The average Bonchev–Trinajstić information content (AvgIpc) is 3.29. The molecule has 148 valence electrons. The van der Waals surface area contributed by atoms with Gasteiger partial charge < -0.3 is 14.8 Å². The maximum Gasteiger partial charge on any atom is 0.271 e. The molecule has 2 aromatic heterocycles. The van der Waals surface area contributed by atoms with Gasteiger partial charge in [0.25, 0.3) is 17.4 Å². The number of hydrogen-bond donors (Lipinski definition) is 2. The average molecular weight is 391 g/mol. The van der Waals surface area contributed by atoms with E-state index in [0.717, 1.165) is 5.69 Å². The Bertz CT molecular complexity index is 1030. The molecule has 1 aliphatic heterocycles. The fraction of sp³-hybridized carbons (Fsp3) is 0.238. The second-order valence-corrected chi connectivity index (χ2v) is 6.98. The normalized spacial score (nSPS) is 14.6. The van der Waals surface area contributed by atoms with E-state index in [1.165, 1.54) is 12.1 Å². The minimum absolute atomic E-state index is 0.00358. The van der Waals surface area contributed by atoms with Gasteiger partial charge in [-0.2, -0.15) is 5.10 Å². The molecule has 1 saturated heterocycles. The topological polar surface area (TPSA) is 100 Å². The molecule has 1 aliphatic rings. The lowest BCUT2D eigenvalue weighted by Crippen LogP contribution is -2.46. The van der Waals surface area contributed by atoms with Gasteiger partial charge in [-0.05, 0) is 55.3 Å². The molecule has 0 unspecified atom stereocenters. The molecule has 4 rings (SSSR count). The number of piperidine rings is 1. The Morgan fingerprint density at radius 3 is 2.31 bits per heavy atom. The van der Waals surface area contributed by atoms with E-state index in [0.29, 0.717) is 31.5 Å². The largest absolute Gasteiger partial charge is 0.348 e. The molecule has 0 spiro atoms. The molecular formula is C21H21N5O3. The summed E-state index contributed by atoms with van der Waals surface area (Å²) in [6.45, 7) is 1.14. The monoisotopic (exact) mass is 391 g/mol. The van der Waals surface area contributed by atoms with Crippen molar-refractivity contribution in [2.75, 3.05) is 13.1 Å². The second-order valence-electron chi connectivity index (χ2n) is 6.98. The molecule has 3 aromatic rings. The zero-order chi connectivity index (χ0) is 20.2. The first-order chi connectivity index (χ1) is 14.1. The lowest BCUT2D eigenvalue weighted by Gasteiger charge is -2.32. The molecule has 29 heavy (non-hydrogen) atoms. The maximum absolute atomic E-state index is 12.8. The molecule has 0 aliphatic carbocycles. The molecule has 8 heteroatoms. The van der Waals surface area contributed by atoms with Crippen LogP contribution in [0.4, 0.5) is 0 Å². The van der Waals surface area contributed by atoms with Crippen LogP contribution in [0.2, 0.25) is 0 Å². The molecule has 2 amide bonds. The first kappa shape index (κ1) is 18.7. The van der Waals surface area contributed by atoms with Crippen molar-refractivity contribution in [2.24, 2.45) is 0 Å². The predicted molar refractivity (Wildman–Crippen MR) is 107 cm³/mol. The minimum atomic E-state index is -0.352. The number of H-pyrrole nitrogens is 1. The van der Waals surface area contributed by atoms with Crippen LogP contribution in [0.5, 0.6) is 0 Å². The van der Waals surface area contributed by atoms with Gasteiger partial charge in [-0.25, -0.2) is 5.10 Å². The number of benzene rings is 1. The van der Waals surface area contributed by atoms with Crippen LogP contribution < -0.4 is 10.9 Å². The Balaban J connectivity index is 1.32. The van der Waals surface area contributed by atoms with Gasteiger partial charge in [0.05, 0.1) is 0 Å². The first-order valence-electron chi connectivity index (χ1n) is 9.49. The third-order valence-electron chi connectivity index (χ3n) is 5.05. The van der Waals surface area contributed by atoms with Crippen molar-refractivity contribution in [2.45, 2.75) is 18.9 Å².